The number of para-hydroxylation sites is 1. The number of sulfonamides is 1. The summed E-state index contributed by atoms with van der Waals surface area (Å²) in [5.41, 5.74) is 5.42. The summed E-state index contributed by atoms with van der Waals surface area (Å²) in [5.74, 6) is -0.161. The summed E-state index contributed by atoms with van der Waals surface area (Å²) >= 11 is 0. The molecule has 2 aliphatic heterocycles. The van der Waals surface area contributed by atoms with Gasteiger partial charge in [0.25, 0.3) is 15.9 Å². The van der Waals surface area contributed by atoms with Crippen LogP contribution in [-0.2, 0) is 22.9 Å². The summed E-state index contributed by atoms with van der Waals surface area (Å²) in [7, 11) is -3.77. The highest BCUT2D eigenvalue weighted by Crippen LogP contribution is 2.33. The Hall–Kier alpha value is -3.12. The molecule has 3 aromatic rings. The van der Waals surface area contributed by atoms with E-state index in [9.17, 15) is 13.2 Å². The van der Waals surface area contributed by atoms with Crippen LogP contribution in [0.4, 0.5) is 11.4 Å². The summed E-state index contributed by atoms with van der Waals surface area (Å²) in [6.07, 6.45) is 3.49. The maximum absolute atomic E-state index is 13.5. The van der Waals surface area contributed by atoms with Gasteiger partial charge in [0.15, 0.2) is 0 Å². The van der Waals surface area contributed by atoms with Gasteiger partial charge < -0.3 is 4.90 Å². The Balaban J connectivity index is 1.49. The van der Waals surface area contributed by atoms with Crippen molar-refractivity contribution < 1.29 is 13.2 Å². The van der Waals surface area contributed by atoms with Crippen molar-refractivity contribution >= 4 is 27.3 Å². The molecule has 0 radical (unpaired) electrons. The lowest BCUT2D eigenvalue weighted by molar-refractivity contribution is 0.0985. The fourth-order valence-electron chi connectivity index (χ4n) is 4.76. The molecule has 0 unspecified atom stereocenters. The van der Waals surface area contributed by atoms with Crippen molar-refractivity contribution in [2.45, 2.75) is 37.5 Å². The van der Waals surface area contributed by atoms with Gasteiger partial charge in [-0.1, -0.05) is 42.0 Å². The maximum atomic E-state index is 13.5. The fraction of sp³-hybridized carbons (Fsp3) is 0.269. The Morgan fingerprint density at radius 1 is 0.812 bits per heavy atom. The first kappa shape index (κ1) is 20.8. The van der Waals surface area contributed by atoms with E-state index < -0.39 is 10.0 Å². The van der Waals surface area contributed by atoms with Crippen LogP contribution in [0.25, 0.3) is 0 Å². The van der Waals surface area contributed by atoms with E-state index in [4.69, 9.17) is 0 Å². The van der Waals surface area contributed by atoms with Gasteiger partial charge >= 0.3 is 0 Å². The first-order chi connectivity index (χ1) is 15.4. The van der Waals surface area contributed by atoms with Gasteiger partial charge in [-0.3, -0.25) is 9.10 Å². The molecule has 32 heavy (non-hydrogen) atoms. The second-order valence-corrected chi connectivity index (χ2v) is 10.4. The van der Waals surface area contributed by atoms with Gasteiger partial charge in [-0.15, -0.1) is 0 Å². The van der Waals surface area contributed by atoms with Gasteiger partial charge in [-0.2, -0.15) is 0 Å². The number of nitrogens with zero attached hydrogens (tertiary/aromatic N) is 2. The zero-order chi connectivity index (χ0) is 22.3. The molecule has 0 aromatic heterocycles. The topological polar surface area (TPSA) is 57.7 Å². The molecule has 0 spiro atoms. The van der Waals surface area contributed by atoms with E-state index in [1.54, 1.807) is 23.1 Å². The first-order valence-corrected chi connectivity index (χ1v) is 12.5. The Bertz CT molecular complexity index is 1300. The summed E-state index contributed by atoms with van der Waals surface area (Å²) in [6, 6.07) is 20.2. The lowest BCUT2D eigenvalue weighted by atomic mass is 9.99. The van der Waals surface area contributed by atoms with Gasteiger partial charge in [0.1, 0.15) is 0 Å². The molecule has 5 rings (SSSR count). The highest BCUT2D eigenvalue weighted by Gasteiger charge is 2.30. The minimum absolute atomic E-state index is 0.154. The van der Waals surface area contributed by atoms with Crippen LogP contribution in [0.15, 0.2) is 71.6 Å². The molecule has 0 saturated heterocycles. The molecule has 164 valence electrons. The Kier molecular flexibility index (Phi) is 5.25. The minimum atomic E-state index is -3.77. The second kappa shape index (κ2) is 8.10. The van der Waals surface area contributed by atoms with Crippen LogP contribution in [0.2, 0.25) is 0 Å². The van der Waals surface area contributed by atoms with Gasteiger partial charge in [-0.25, -0.2) is 8.42 Å². The lowest BCUT2D eigenvalue weighted by Crippen LogP contribution is -2.37. The van der Waals surface area contributed by atoms with Crippen LogP contribution in [0.1, 0.15) is 39.9 Å². The SMILES string of the molecule is Cc1ccc2c(c1)CCCN2C(=O)c1cccc(S(=O)(=O)N2CCCc3ccccc32)c1. The molecule has 0 N–H and O–H groups in total. The van der Waals surface area contributed by atoms with Crippen LogP contribution >= 0.6 is 0 Å². The van der Waals surface area contributed by atoms with Gasteiger partial charge in [-0.05, 0) is 74.1 Å². The summed E-state index contributed by atoms with van der Waals surface area (Å²) in [4.78, 5) is 15.4. The molecule has 0 atom stereocenters. The molecule has 0 bridgehead atoms. The van der Waals surface area contributed by atoms with Gasteiger partial charge in [0, 0.05) is 24.3 Å². The van der Waals surface area contributed by atoms with Crippen molar-refractivity contribution in [1.29, 1.82) is 0 Å². The van der Waals surface area contributed by atoms with E-state index >= 15 is 0 Å². The zero-order valence-electron chi connectivity index (χ0n) is 18.1. The van der Waals surface area contributed by atoms with Crippen molar-refractivity contribution in [3.05, 3.63) is 89.0 Å². The highest BCUT2D eigenvalue weighted by molar-refractivity contribution is 7.92. The number of rotatable bonds is 3. The largest absolute Gasteiger partial charge is 0.308 e. The van der Waals surface area contributed by atoms with Gasteiger partial charge in [0.05, 0.1) is 10.6 Å². The highest BCUT2D eigenvalue weighted by atomic mass is 32.2. The van der Waals surface area contributed by atoms with Gasteiger partial charge in [0.2, 0.25) is 0 Å². The summed E-state index contributed by atoms with van der Waals surface area (Å²) in [5, 5.41) is 0. The predicted molar refractivity (Wildman–Crippen MR) is 127 cm³/mol. The molecule has 5 nitrogen and oxygen atoms in total. The van der Waals surface area contributed by atoms with Crippen LogP contribution in [0, 0.1) is 6.92 Å². The number of benzene rings is 3. The molecule has 3 aromatic carbocycles. The monoisotopic (exact) mass is 446 g/mol. The molecule has 6 heteroatoms. The zero-order valence-corrected chi connectivity index (χ0v) is 18.9. The molecular formula is C26H26N2O3S. The quantitative estimate of drug-likeness (QED) is 0.584. The number of hydrogen-bond donors (Lipinski definition) is 0. The number of aryl methyl sites for hydroxylation is 3. The number of anilines is 2. The van der Waals surface area contributed by atoms with Crippen molar-refractivity contribution in [3.8, 4) is 0 Å². The second-order valence-electron chi connectivity index (χ2n) is 8.53. The number of hydrogen-bond acceptors (Lipinski definition) is 3. The Morgan fingerprint density at radius 3 is 2.47 bits per heavy atom. The molecule has 1 amide bonds. The minimum Gasteiger partial charge on any atom is -0.308 e. The number of carbonyl (C=O) groups excluding carboxylic acids is 1. The Morgan fingerprint density at radius 2 is 1.59 bits per heavy atom. The third kappa shape index (κ3) is 3.58. The van der Waals surface area contributed by atoms with Crippen molar-refractivity contribution in [3.63, 3.8) is 0 Å². The summed E-state index contributed by atoms with van der Waals surface area (Å²) in [6.45, 7) is 3.12. The van der Waals surface area contributed by atoms with E-state index in [0.29, 0.717) is 18.7 Å². The van der Waals surface area contributed by atoms with Crippen LogP contribution < -0.4 is 9.21 Å². The third-order valence-electron chi connectivity index (χ3n) is 6.34. The molecular weight excluding hydrogens is 420 g/mol. The van der Waals surface area contributed by atoms with Crippen molar-refractivity contribution in [2.24, 2.45) is 0 Å². The average Bonchev–Trinajstić information content (AvgIpc) is 2.82. The van der Waals surface area contributed by atoms with E-state index in [1.165, 1.54) is 21.5 Å². The fourth-order valence-corrected chi connectivity index (χ4v) is 6.35. The lowest BCUT2D eigenvalue weighted by Gasteiger charge is -2.31. The maximum Gasteiger partial charge on any atom is 0.264 e. The van der Waals surface area contributed by atoms with Crippen LogP contribution in [-0.4, -0.2) is 27.4 Å². The number of fused-ring (bicyclic) bond motifs is 2. The average molecular weight is 447 g/mol. The predicted octanol–water partition coefficient (Wildman–Crippen LogP) is 4.73. The summed E-state index contributed by atoms with van der Waals surface area (Å²) < 4.78 is 28.6. The van der Waals surface area contributed by atoms with Crippen molar-refractivity contribution in [1.82, 2.24) is 0 Å². The molecule has 0 aliphatic carbocycles. The van der Waals surface area contributed by atoms with E-state index in [1.807, 2.05) is 43.3 Å². The van der Waals surface area contributed by atoms with E-state index in [-0.39, 0.29) is 10.8 Å². The van der Waals surface area contributed by atoms with Crippen LogP contribution in [0.3, 0.4) is 0 Å². The number of amides is 1. The molecule has 2 heterocycles. The van der Waals surface area contributed by atoms with Crippen molar-refractivity contribution in [2.75, 3.05) is 22.3 Å². The third-order valence-corrected chi connectivity index (χ3v) is 8.14. The molecule has 2 aliphatic rings. The number of carbonyl (C=O) groups is 1. The molecule has 0 saturated carbocycles. The standard InChI is InChI=1S/C26H26N2O3S/c1-19-13-14-24-21(17-19)10-5-15-27(24)26(29)22-8-4-11-23(18-22)32(30,31)28-16-6-9-20-7-2-3-12-25(20)28/h2-4,7-8,11-14,17-18H,5-6,9-10,15-16H2,1H3. The molecule has 0 fully saturated rings. The van der Waals surface area contributed by atoms with Crippen LogP contribution in [0.5, 0.6) is 0 Å². The smallest absolute Gasteiger partial charge is 0.264 e. The normalized spacial score (nSPS) is 15.8. The Labute approximate surface area is 189 Å². The van der Waals surface area contributed by atoms with E-state index in [2.05, 4.69) is 6.07 Å². The van der Waals surface area contributed by atoms with E-state index in [0.717, 1.165) is 42.6 Å². The first-order valence-electron chi connectivity index (χ1n) is 11.1.